The van der Waals surface area contributed by atoms with E-state index >= 15 is 0 Å². The van der Waals surface area contributed by atoms with Crippen LogP contribution < -0.4 is 11.1 Å². The highest BCUT2D eigenvalue weighted by atomic mass is 15.3. The molecule has 138 valence electrons. The van der Waals surface area contributed by atoms with Gasteiger partial charge in [0.25, 0.3) is 0 Å². The zero-order valence-electron chi connectivity index (χ0n) is 16.0. The Hall–Kier alpha value is -2.30. The fraction of sp³-hybridized carbons (Fsp3) is 0.364. The van der Waals surface area contributed by atoms with Gasteiger partial charge in [0, 0.05) is 49.8 Å². The van der Waals surface area contributed by atoms with Crippen LogP contribution in [0.3, 0.4) is 0 Å². The molecular weight excluding hydrogens is 320 g/mol. The van der Waals surface area contributed by atoms with E-state index in [1.54, 1.807) is 0 Å². The van der Waals surface area contributed by atoms with E-state index in [1.807, 2.05) is 25.1 Å². The summed E-state index contributed by atoms with van der Waals surface area (Å²) >= 11 is 0. The number of piperazine rings is 1. The molecule has 3 rings (SSSR count). The molecule has 0 aliphatic carbocycles. The summed E-state index contributed by atoms with van der Waals surface area (Å²) in [6, 6.07) is 14.7. The summed E-state index contributed by atoms with van der Waals surface area (Å²) in [5.41, 5.74) is 12.2. The summed E-state index contributed by atoms with van der Waals surface area (Å²) in [6.07, 6.45) is 0. The normalized spacial score (nSPS) is 15.8. The molecule has 0 bridgehead atoms. The maximum atomic E-state index is 5.98. The number of nitrogen functional groups attached to an aromatic ring is 1. The molecule has 26 heavy (non-hydrogen) atoms. The summed E-state index contributed by atoms with van der Waals surface area (Å²) < 4.78 is 0. The van der Waals surface area contributed by atoms with Crippen molar-refractivity contribution in [3.8, 4) is 0 Å². The van der Waals surface area contributed by atoms with E-state index in [2.05, 4.69) is 52.9 Å². The van der Waals surface area contributed by atoms with Crippen molar-refractivity contribution in [3.05, 3.63) is 65.7 Å². The van der Waals surface area contributed by atoms with Gasteiger partial charge in [-0.3, -0.25) is 4.90 Å². The first-order valence-corrected chi connectivity index (χ1v) is 9.41. The standard InChI is InChI=1S/C22H30N4/c1-4-25-11-13-26(14-12-25)16-19-6-8-20(9-7-19)18(3)24-21-10-5-17(2)22(23)15-21/h5-10,15,24H,3-4,11-14,16,23H2,1-2H3. The Kier molecular flexibility index (Phi) is 5.96. The second-order valence-electron chi connectivity index (χ2n) is 7.08. The Morgan fingerprint density at radius 1 is 1.04 bits per heavy atom. The highest BCUT2D eigenvalue weighted by Gasteiger charge is 2.15. The van der Waals surface area contributed by atoms with Crippen LogP contribution in [0.1, 0.15) is 23.6 Å². The van der Waals surface area contributed by atoms with Gasteiger partial charge in [-0.05, 0) is 42.3 Å². The van der Waals surface area contributed by atoms with Crippen molar-refractivity contribution in [3.63, 3.8) is 0 Å². The molecule has 2 aromatic rings. The van der Waals surface area contributed by atoms with E-state index in [1.165, 1.54) is 18.7 Å². The average molecular weight is 351 g/mol. The lowest BCUT2D eigenvalue weighted by atomic mass is 10.1. The zero-order valence-corrected chi connectivity index (χ0v) is 16.0. The van der Waals surface area contributed by atoms with Crippen molar-refractivity contribution in [2.75, 3.05) is 43.8 Å². The molecule has 1 aliphatic rings. The van der Waals surface area contributed by atoms with Crippen LogP contribution in [0.2, 0.25) is 0 Å². The van der Waals surface area contributed by atoms with Gasteiger partial charge in [-0.2, -0.15) is 0 Å². The van der Waals surface area contributed by atoms with Crippen molar-refractivity contribution in [1.29, 1.82) is 0 Å². The highest BCUT2D eigenvalue weighted by molar-refractivity contribution is 5.76. The molecule has 0 atom stereocenters. The topological polar surface area (TPSA) is 44.5 Å². The van der Waals surface area contributed by atoms with Gasteiger partial charge >= 0.3 is 0 Å². The molecule has 0 amide bonds. The van der Waals surface area contributed by atoms with Crippen LogP contribution in [-0.2, 0) is 6.54 Å². The number of aryl methyl sites for hydroxylation is 1. The summed E-state index contributed by atoms with van der Waals surface area (Å²) in [5, 5.41) is 3.35. The quantitative estimate of drug-likeness (QED) is 0.778. The fourth-order valence-corrected chi connectivity index (χ4v) is 3.30. The van der Waals surface area contributed by atoms with Crippen LogP contribution in [0, 0.1) is 6.92 Å². The Morgan fingerprint density at radius 2 is 1.69 bits per heavy atom. The molecule has 0 saturated carbocycles. The third-order valence-electron chi connectivity index (χ3n) is 5.20. The molecular formula is C22H30N4. The number of anilines is 2. The van der Waals surface area contributed by atoms with E-state index < -0.39 is 0 Å². The number of nitrogens with one attached hydrogen (secondary N) is 1. The van der Waals surface area contributed by atoms with Crippen molar-refractivity contribution >= 4 is 17.1 Å². The van der Waals surface area contributed by atoms with Crippen LogP contribution in [-0.4, -0.2) is 42.5 Å². The maximum Gasteiger partial charge on any atom is 0.0405 e. The smallest absolute Gasteiger partial charge is 0.0405 e. The van der Waals surface area contributed by atoms with Crippen molar-refractivity contribution in [2.24, 2.45) is 0 Å². The molecule has 0 aromatic heterocycles. The van der Waals surface area contributed by atoms with E-state index in [0.717, 1.165) is 54.4 Å². The monoisotopic (exact) mass is 350 g/mol. The average Bonchev–Trinajstić information content (AvgIpc) is 2.66. The third-order valence-corrected chi connectivity index (χ3v) is 5.20. The first kappa shape index (κ1) is 18.5. The summed E-state index contributed by atoms with van der Waals surface area (Å²) in [4.78, 5) is 5.04. The first-order chi connectivity index (χ1) is 12.5. The van der Waals surface area contributed by atoms with Crippen LogP contribution in [0.25, 0.3) is 5.70 Å². The number of nitrogens with zero attached hydrogens (tertiary/aromatic N) is 2. The lowest BCUT2D eigenvalue weighted by Gasteiger charge is -2.34. The lowest BCUT2D eigenvalue weighted by molar-refractivity contribution is 0.132. The lowest BCUT2D eigenvalue weighted by Crippen LogP contribution is -2.45. The van der Waals surface area contributed by atoms with Crippen LogP contribution in [0.15, 0.2) is 49.0 Å². The molecule has 4 nitrogen and oxygen atoms in total. The van der Waals surface area contributed by atoms with Crippen molar-refractivity contribution in [1.82, 2.24) is 9.80 Å². The van der Waals surface area contributed by atoms with E-state index in [0.29, 0.717) is 0 Å². The van der Waals surface area contributed by atoms with Crippen LogP contribution >= 0.6 is 0 Å². The SMILES string of the molecule is C=C(Nc1ccc(C)c(N)c1)c1ccc(CN2CCN(CC)CC2)cc1. The molecule has 4 heteroatoms. The second-order valence-corrected chi connectivity index (χ2v) is 7.08. The maximum absolute atomic E-state index is 5.98. The first-order valence-electron chi connectivity index (χ1n) is 9.41. The summed E-state index contributed by atoms with van der Waals surface area (Å²) in [7, 11) is 0. The summed E-state index contributed by atoms with van der Waals surface area (Å²) in [6.45, 7) is 15.2. The summed E-state index contributed by atoms with van der Waals surface area (Å²) in [5.74, 6) is 0. The minimum Gasteiger partial charge on any atom is -0.398 e. The van der Waals surface area contributed by atoms with E-state index in [-0.39, 0.29) is 0 Å². The van der Waals surface area contributed by atoms with E-state index in [4.69, 9.17) is 5.73 Å². The number of hydrogen-bond acceptors (Lipinski definition) is 4. The minimum atomic E-state index is 0.793. The molecule has 0 unspecified atom stereocenters. The molecule has 1 saturated heterocycles. The van der Waals surface area contributed by atoms with Gasteiger partial charge in [-0.15, -0.1) is 0 Å². The number of nitrogens with two attached hydrogens (primary N) is 1. The zero-order chi connectivity index (χ0) is 18.5. The number of hydrogen-bond donors (Lipinski definition) is 2. The highest BCUT2D eigenvalue weighted by Crippen LogP contribution is 2.22. The predicted molar refractivity (Wildman–Crippen MR) is 112 cm³/mol. The number of likely N-dealkylation sites (N-methyl/N-ethyl adjacent to an activating group) is 1. The van der Waals surface area contributed by atoms with Gasteiger partial charge in [-0.25, -0.2) is 0 Å². The van der Waals surface area contributed by atoms with Gasteiger partial charge in [0.15, 0.2) is 0 Å². The minimum absolute atomic E-state index is 0.793. The number of benzene rings is 2. The van der Waals surface area contributed by atoms with Crippen LogP contribution in [0.5, 0.6) is 0 Å². The fourth-order valence-electron chi connectivity index (χ4n) is 3.30. The largest absolute Gasteiger partial charge is 0.398 e. The van der Waals surface area contributed by atoms with Crippen LogP contribution in [0.4, 0.5) is 11.4 Å². The molecule has 1 heterocycles. The molecule has 0 spiro atoms. The third kappa shape index (κ3) is 4.65. The molecule has 1 fully saturated rings. The van der Waals surface area contributed by atoms with Gasteiger partial charge in [-0.1, -0.05) is 43.8 Å². The van der Waals surface area contributed by atoms with Gasteiger partial charge in [0.1, 0.15) is 0 Å². The van der Waals surface area contributed by atoms with Gasteiger partial charge in [0.2, 0.25) is 0 Å². The molecule has 0 radical (unpaired) electrons. The molecule has 2 aromatic carbocycles. The Labute approximate surface area is 157 Å². The van der Waals surface area contributed by atoms with E-state index in [9.17, 15) is 0 Å². The number of rotatable bonds is 6. The second kappa shape index (κ2) is 8.39. The van der Waals surface area contributed by atoms with Gasteiger partial charge in [0.05, 0.1) is 0 Å². The Morgan fingerprint density at radius 3 is 2.31 bits per heavy atom. The molecule has 1 aliphatic heterocycles. The Bertz CT molecular complexity index is 743. The van der Waals surface area contributed by atoms with Gasteiger partial charge < -0.3 is 16.0 Å². The predicted octanol–water partition coefficient (Wildman–Crippen LogP) is 3.80. The van der Waals surface area contributed by atoms with Crippen molar-refractivity contribution in [2.45, 2.75) is 20.4 Å². The Balaban J connectivity index is 1.56. The molecule has 3 N–H and O–H groups in total. The van der Waals surface area contributed by atoms with Crippen molar-refractivity contribution < 1.29 is 0 Å².